The summed E-state index contributed by atoms with van der Waals surface area (Å²) in [6.45, 7) is 6.89. The van der Waals surface area contributed by atoms with Crippen LogP contribution in [0.2, 0.25) is 5.02 Å². The maximum absolute atomic E-state index is 14.1. The highest BCUT2D eigenvalue weighted by molar-refractivity contribution is 6.36. The Morgan fingerprint density at radius 3 is 2.28 bits per heavy atom. The number of hydrogen-bond acceptors (Lipinski definition) is 6. The summed E-state index contributed by atoms with van der Waals surface area (Å²) in [4.78, 5) is 35.6. The molecule has 3 aliphatic heterocycles. The van der Waals surface area contributed by atoms with Crippen LogP contribution in [0.15, 0.2) is 60.7 Å². The molecule has 0 bridgehead atoms. The van der Waals surface area contributed by atoms with Crippen LogP contribution >= 0.6 is 11.6 Å². The predicted octanol–water partition coefficient (Wildman–Crippen LogP) is 6.31. The molecule has 1 spiro atoms. The molecule has 3 heterocycles. The molecule has 9 heteroatoms. The number of nitriles is 1. The van der Waals surface area contributed by atoms with Gasteiger partial charge < -0.3 is 14.5 Å². The maximum atomic E-state index is 14.1. The number of urea groups is 1. The minimum absolute atomic E-state index is 0.211. The van der Waals surface area contributed by atoms with Crippen molar-refractivity contribution < 1.29 is 14.3 Å². The molecule has 3 aromatic rings. The van der Waals surface area contributed by atoms with E-state index < -0.39 is 5.54 Å². The molecule has 3 amide bonds. The minimum Gasteiger partial charge on any atom is -0.497 e. The number of anilines is 2. The van der Waals surface area contributed by atoms with E-state index in [0.29, 0.717) is 41.4 Å². The topological polar surface area (TPSA) is 80.1 Å². The number of amides is 3. The molecule has 3 fully saturated rings. The predicted molar refractivity (Wildman–Crippen MR) is 169 cm³/mol. The summed E-state index contributed by atoms with van der Waals surface area (Å²) in [5.74, 6) is 0.349. The van der Waals surface area contributed by atoms with Crippen molar-refractivity contribution in [1.82, 2.24) is 9.80 Å². The molecule has 0 radical (unpaired) electrons. The van der Waals surface area contributed by atoms with E-state index in [-0.39, 0.29) is 11.9 Å². The summed E-state index contributed by atoms with van der Waals surface area (Å²) >= 11 is 6.75. The van der Waals surface area contributed by atoms with Crippen molar-refractivity contribution in [3.05, 3.63) is 76.8 Å². The largest absolute Gasteiger partial charge is 0.497 e. The molecular formula is C34H36ClN5O3. The number of carbonyl (C=O) groups is 2. The lowest BCUT2D eigenvalue weighted by atomic mass is 9.85. The molecule has 0 N–H and O–H groups in total. The number of likely N-dealkylation sites (N-methyl/N-ethyl adjacent to an activating group) is 1. The van der Waals surface area contributed by atoms with Crippen molar-refractivity contribution in [2.24, 2.45) is 0 Å². The second-order valence-corrected chi connectivity index (χ2v) is 12.0. The molecule has 222 valence electrons. The van der Waals surface area contributed by atoms with Crippen LogP contribution in [0.25, 0.3) is 11.1 Å². The summed E-state index contributed by atoms with van der Waals surface area (Å²) in [7, 11) is 1.55. The number of carbonyl (C=O) groups excluding carboxylic acids is 2. The van der Waals surface area contributed by atoms with Gasteiger partial charge in [-0.15, -0.1) is 0 Å². The molecule has 8 nitrogen and oxygen atoms in total. The van der Waals surface area contributed by atoms with Crippen molar-refractivity contribution in [2.75, 3.05) is 49.6 Å². The summed E-state index contributed by atoms with van der Waals surface area (Å²) in [6, 6.07) is 21.2. The summed E-state index contributed by atoms with van der Waals surface area (Å²) in [5.41, 5.74) is 4.02. The Labute approximate surface area is 258 Å². The van der Waals surface area contributed by atoms with E-state index in [4.69, 9.17) is 16.3 Å². The van der Waals surface area contributed by atoms with Gasteiger partial charge in [0.2, 0.25) is 0 Å². The van der Waals surface area contributed by atoms with Crippen molar-refractivity contribution in [1.29, 1.82) is 5.26 Å². The van der Waals surface area contributed by atoms with Crippen molar-refractivity contribution in [3.63, 3.8) is 0 Å². The number of piperidine rings is 1. The van der Waals surface area contributed by atoms with Gasteiger partial charge in [-0.3, -0.25) is 9.69 Å². The fraction of sp³-hybridized carbons (Fsp3) is 0.382. The monoisotopic (exact) mass is 597 g/mol. The quantitative estimate of drug-likeness (QED) is 0.297. The van der Waals surface area contributed by atoms with Crippen LogP contribution in [0.1, 0.15) is 43.7 Å². The lowest BCUT2D eigenvalue weighted by Crippen LogP contribution is -2.56. The number of halogens is 1. The third kappa shape index (κ3) is 5.32. The molecule has 43 heavy (non-hydrogen) atoms. The minimum atomic E-state index is -0.877. The van der Waals surface area contributed by atoms with E-state index in [9.17, 15) is 14.9 Å². The number of likely N-dealkylation sites (tertiary alicyclic amines) is 1. The van der Waals surface area contributed by atoms with Gasteiger partial charge >= 0.3 is 6.03 Å². The van der Waals surface area contributed by atoms with E-state index in [2.05, 4.69) is 40.1 Å². The van der Waals surface area contributed by atoms with Crippen LogP contribution in [0.4, 0.5) is 16.2 Å². The van der Waals surface area contributed by atoms with Crippen LogP contribution in [-0.2, 0) is 11.3 Å². The fourth-order valence-electron chi connectivity index (χ4n) is 6.79. The highest BCUT2D eigenvalue weighted by Gasteiger charge is 2.58. The van der Waals surface area contributed by atoms with Crippen molar-refractivity contribution >= 4 is 34.9 Å². The number of hydrogen-bond donors (Lipinski definition) is 0. The number of methoxy groups -OCH3 is 1. The van der Waals surface area contributed by atoms with Gasteiger partial charge in [0.1, 0.15) is 11.3 Å². The SMILES string of the molecule is CCN1C(=O)N(c2ccc(-c3cc(C#N)cc(OC)c3)cc2Cl)C(=O)C12CCN(Cc1ccc(N3CCCC3)cc1)CC2. The van der Waals surface area contributed by atoms with E-state index in [1.165, 1.54) is 29.0 Å². The zero-order valence-corrected chi connectivity index (χ0v) is 25.4. The van der Waals surface area contributed by atoms with E-state index in [1.54, 1.807) is 36.3 Å². The third-order valence-corrected chi connectivity index (χ3v) is 9.45. The van der Waals surface area contributed by atoms with Crippen LogP contribution in [0.3, 0.4) is 0 Å². The summed E-state index contributed by atoms with van der Waals surface area (Å²) < 4.78 is 5.34. The Bertz CT molecular complexity index is 1570. The van der Waals surface area contributed by atoms with E-state index in [0.717, 1.165) is 43.9 Å². The lowest BCUT2D eigenvalue weighted by Gasteiger charge is -2.41. The van der Waals surface area contributed by atoms with Gasteiger partial charge in [0, 0.05) is 45.0 Å². The Morgan fingerprint density at radius 2 is 1.65 bits per heavy atom. The van der Waals surface area contributed by atoms with Gasteiger partial charge in [-0.25, -0.2) is 9.69 Å². The van der Waals surface area contributed by atoms with Crippen LogP contribution in [0.5, 0.6) is 5.75 Å². The molecule has 3 saturated heterocycles. The zero-order chi connectivity index (χ0) is 30.1. The molecule has 0 saturated carbocycles. The Balaban J connectivity index is 1.18. The van der Waals surface area contributed by atoms with Crippen LogP contribution in [0, 0.1) is 11.3 Å². The Kier molecular flexibility index (Phi) is 8.04. The summed E-state index contributed by atoms with van der Waals surface area (Å²) in [6.07, 6.45) is 3.67. The lowest BCUT2D eigenvalue weighted by molar-refractivity contribution is -0.127. The van der Waals surface area contributed by atoms with Gasteiger partial charge in [-0.1, -0.05) is 29.8 Å². The molecule has 0 aliphatic carbocycles. The third-order valence-electron chi connectivity index (χ3n) is 9.15. The molecule has 6 rings (SSSR count). The molecule has 3 aliphatic rings. The number of nitrogens with zero attached hydrogens (tertiary/aromatic N) is 5. The normalized spacial score (nSPS) is 18.5. The first kappa shape index (κ1) is 29.0. The average Bonchev–Trinajstić information content (AvgIpc) is 3.64. The zero-order valence-electron chi connectivity index (χ0n) is 24.7. The maximum Gasteiger partial charge on any atom is 0.332 e. The Morgan fingerprint density at radius 1 is 0.930 bits per heavy atom. The molecular weight excluding hydrogens is 562 g/mol. The Hall–Kier alpha value is -4.06. The van der Waals surface area contributed by atoms with Gasteiger partial charge in [0.05, 0.1) is 29.5 Å². The van der Waals surface area contributed by atoms with E-state index in [1.807, 2.05) is 19.1 Å². The second-order valence-electron chi connectivity index (χ2n) is 11.6. The van der Waals surface area contributed by atoms with Crippen LogP contribution < -0.4 is 14.5 Å². The molecule has 0 unspecified atom stereocenters. The van der Waals surface area contributed by atoms with Gasteiger partial charge in [-0.2, -0.15) is 5.26 Å². The smallest absolute Gasteiger partial charge is 0.332 e. The summed E-state index contributed by atoms with van der Waals surface area (Å²) in [5, 5.41) is 9.71. The molecule has 3 aromatic carbocycles. The van der Waals surface area contributed by atoms with Crippen molar-refractivity contribution in [2.45, 2.75) is 44.7 Å². The first-order chi connectivity index (χ1) is 20.9. The van der Waals surface area contributed by atoms with Crippen molar-refractivity contribution in [3.8, 4) is 22.9 Å². The highest BCUT2D eigenvalue weighted by Crippen LogP contribution is 2.42. The number of imide groups is 1. The number of benzene rings is 3. The first-order valence-corrected chi connectivity index (χ1v) is 15.4. The van der Waals surface area contributed by atoms with Gasteiger partial charge in [-0.05, 0) is 91.8 Å². The molecule has 0 atom stereocenters. The second kappa shape index (κ2) is 11.9. The van der Waals surface area contributed by atoms with Crippen LogP contribution in [-0.4, -0.2) is 67.1 Å². The standard InChI is InChI=1S/C34H36ClN5O3/c1-3-39-33(42)40(31-11-8-26(21-30(31)35)27-18-25(22-36)19-29(20-27)43-2)32(41)34(39)12-16-37(17-13-34)23-24-6-9-28(10-7-24)38-14-4-5-15-38/h6-11,18-21H,3-5,12-17,23H2,1-2H3. The van der Waals surface area contributed by atoms with E-state index >= 15 is 0 Å². The fourth-order valence-corrected chi connectivity index (χ4v) is 7.06. The number of rotatable bonds is 7. The molecule has 0 aromatic heterocycles. The first-order valence-electron chi connectivity index (χ1n) is 15.0. The van der Waals surface area contributed by atoms with Gasteiger partial charge in [0.25, 0.3) is 5.91 Å². The average molecular weight is 598 g/mol. The highest BCUT2D eigenvalue weighted by atomic mass is 35.5. The van der Waals surface area contributed by atoms with Gasteiger partial charge in [0.15, 0.2) is 0 Å². The number of ether oxygens (including phenoxy) is 1.